The van der Waals surface area contributed by atoms with Crippen LogP contribution in [0.1, 0.15) is 16.1 Å². The number of nitrogens with one attached hydrogen (secondary N) is 2. The smallest absolute Gasteiger partial charge is 0.273 e. The zero-order chi connectivity index (χ0) is 24.0. The minimum absolute atomic E-state index is 0.0336. The molecular weight excluding hydrogens is 460 g/mol. The first-order valence-corrected chi connectivity index (χ1v) is 11.7. The molecule has 0 saturated carbocycles. The van der Waals surface area contributed by atoms with Crippen LogP contribution in [0.4, 0.5) is 0 Å². The lowest BCUT2D eigenvalue weighted by Gasteiger charge is -2.07. The lowest BCUT2D eigenvalue weighted by molar-refractivity contribution is -0.121. The Morgan fingerprint density at radius 2 is 1.63 bits per heavy atom. The summed E-state index contributed by atoms with van der Waals surface area (Å²) in [6, 6.07) is 22.7. The van der Waals surface area contributed by atoms with Crippen molar-refractivity contribution in [1.29, 1.82) is 0 Å². The highest BCUT2D eigenvalue weighted by atomic mass is 32.1. The van der Waals surface area contributed by atoms with Crippen LogP contribution in [-0.4, -0.2) is 31.6 Å². The molecule has 172 valence electrons. The summed E-state index contributed by atoms with van der Waals surface area (Å²) in [6.07, 6.45) is 5.11. The molecule has 2 amide bonds. The van der Waals surface area contributed by atoms with Crippen molar-refractivity contribution >= 4 is 23.2 Å². The molecule has 0 atom stereocenters. The highest BCUT2D eigenvalue weighted by Gasteiger charge is 2.19. The average molecular weight is 481 g/mol. The van der Waals surface area contributed by atoms with Gasteiger partial charge in [-0.2, -0.15) is 5.10 Å². The summed E-state index contributed by atoms with van der Waals surface area (Å²) < 4.78 is 1.65. The number of aromatic nitrogens is 4. The van der Waals surface area contributed by atoms with E-state index in [4.69, 9.17) is 0 Å². The Bertz CT molecular complexity index is 1450. The van der Waals surface area contributed by atoms with Crippen LogP contribution >= 0.6 is 11.3 Å². The Hall–Kier alpha value is -4.63. The summed E-state index contributed by atoms with van der Waals surface area (Å²) in [5.41, 5.74) is 8.96. The first-order valence-electron chi connectivity index (χ1n) is 10.8. The molecule has 8 nitrogen and oxygen atoms in total. The van der Waals surface area contributed by atoms with E-state index in [0.717, 1.165) is 21.8 Å². The van der Waals surface area contributed by atoms with E-state index in [0.29, 0.717) is 17.0 Å². The predicted molar refractivity (Wildman–Crippen MR) is 134 cm³/mol. The lowest BCUT2D eigenvalue weighted by atomic mass is 10.1. The van der Waals surface area contributed by atoms with Gasteiger partial charge in [0, 0.05) is 35.1 Å². The van der Waals surface area contributed by atoms with Crippen molar-refractivity contribution in [3.8, 4) is 27.5 Å². The molecule has 5 aromatic rings. The number of thiazole rings is 1. The normalized spacial score (nSPS) is 10.6. The van der Waals surface area contributed by atoms with E-state index in [1.54, 1.807) is 23.3 Å². The maximum Gasteiger partial charge on any atom is 0.273 e. The fraction of sp³-hybridized carbons (Fsp3) is 0.0385. The zero-order valence-electron chi connectivity index (χ0n) is 18.5. The topological polar surface area (TPSA) is 102 Å². The van der Waals surface area contributed by atoms with E-state index in [2.05, 4.69) is 25.9 Å². The van der Waals surface area contributed by atoms with Gasteiger partial charge in [0.1, 0.15) is 10.7 Å². The van der Waals surface area contributed by atoms with Crippen LogP contribution in [0, 0.1) is 0 Å². The van der Waals surface area contributed by atoms with Crippen LogP contribution in [0.3, 0.4) is 0 Å². The van der Waals surface area contributed by atoms with Gasteiger partial charge in [-0.15, -0.1) is 11.3 Å². The van der Waals surface area contributed by atoms with Crippen LogP contribution in [0.5, 0.6) is 0 Å². The second-order valence-corrected chi connectivity index (χ2v) is 8.46. The second kappa shape index (κ2) is 10.1. The van der Waals surface area contributed by atoms with Gasteiger partial charge in [0.15, 0.2) is 0 Å². The Balaban J connectivity index is 1.29. The third kappa shape index (κ3) is 5.15. The molecule has 2 N–H and O–H groups in total. The molecule has 5 rings (SSSR count). The first-order chi connectivity index (χ1) is 17.2. The molecular formula is C26H20N6O2S. The summed E-state index contributed by atoms with van der Waals surface area (Å²) in [7, 11) is 0. The maximum atomic E-state index is 13.0. The predicted octanol–water partition coefficient (Wildman–Crippen LogP) is 4.06. The number of para-hydroxylation sites is 1. The fourth-order valence-electron chi connectivity index (χ4n) is 3.47. The fourth-order valence-corrected chi connectivity index (χ4v) is 4.29. The minimum atomic E-state index is -0.464. The summed E-state index contributed by atoms with van der Waals surface area (Å²) >= 11 is 1.44. The number of pyridine rings is 1. The van der Waals surface area contributed by atoms with Crippen LogP contribution in [-0.2, 0) is 11.2 Å². The molecule has 0 aliphatic carbocycles. The Kier molecular flexibility index (Phi) is 6.40. The van der Waals surface area contributed by atoms with E-state index >= 15 is 0 Å². The second-order valence-electron chi connectivity index (χ2n) is 7.60. The minimum Gasteiger partial charge on any atom is -0.273 e. The molecule has 3 aromatic heterocycles. The maximum absolute atomic E-state index is 13.0. The number of nitrogens with zero attached hydrogens (tertiary/aromatic N) is 4. The van der Waals surface area contributed by atoms with Gasteiger partial charge in [0.25, 0.3) is 5.91 Å². The number of benzene rings is 2. The Morgan fingerprint density at radius 3 is 2.37 bits per heavy atom. The molecule has 9 heteroatoms. The van der Waals surface area contributed by atoms with Gasteiger partial charge in [0.2, 0.25) is 5.91 Å². The molecule has 0 aliphatic heterocycles. The number of rotatable bonds is 6. The summed E-state index contributed by atoms with van der Waals surface area (Å²) in [6.45, 7) is 0. The standard InChI is InChI=1S/C26H20N6O2S/c33-23(14-20-17-35-26(28-20)19-10-7-13-27-15-19)29-30-25(34)22-16-32(21-11-5-2-6-12-21)31-24(22)18-8-3-1-4-9-18/h1-13,15-17H,14H2,(H,29,33)(H,30,34). The van der Waals surface area contributed by atoms with Gasteiger partial charge in [-0.1, -0.05) is 48.5 Å². The van der Waals surface area contributed by atoms with Crippen molar-refractivity contribution in [3.05, 3.63) is 108 Å². The Labute approximate surface area is 205 Å². The van der Waals surface area contributed by atoms with Crippen molar-refractivity contribution in [2.24, 2.45) is 0 Å². The third-order valence-corrected chi connectivity index (χ3v) is 6.08. The van der Waals surface area contributed by atoms with Crippen molar-refractivity contribution < 1.29 is 9.59 Å². The van der Waals surface area contributed by atoms with Crippen molar-refractivity contribution in [3.63, 3.8) is 0 Å². The monoisotopic (exact) mass is 480 g/mol. The molecule has 0 aliphatic rings. The van der Waals surface area contributed by atoms with Crippen molar-refractivity contribution in [2.45, 2.75) is 6.42 Å². The van der Waals surface area contributed by atoms with Crippen molar-refractivity contribution in [2.75, 3.05) is 0 Å². The summed E-state index contributed by atoms with van der Waals surface area (Å²) in [5.74, 6) is -0.841. The van der Waals surface area contributed by atoms with Crippen LogP contribution < -0.4 is 10.9 Å². The number of hydrogen-bond donors (Lipinski definition) is 2. The molecule has 0 radical (unpaired) electrons. The van der Waals surface area contributed by atoms with E-state index in [1.807, 2.05) is 78.2 Å². The van der Waals surface area contributed by atoms with Crippen LogP contribution in [0.15, 0.2) is 96.8 Å². The van der Waals surface area contributed by atoms with E-state index < -0.39 is 5.91 Å². The molecule has 2 aromatic carbocycles. The summed E-state index contributed by atoms with van der Waals surface area (Å²) in [4.78, 5) is 34.1. The molecule has 0 fully saturated rings. The number of carbonyl (C=O) groups excluding carboxylic acids is 2. The van der Waals surface area contributed by atoms with Gasteiger partial charge < -0.3 is 0 Å². The molecule has 3 heterocycles. The summed E-state index contributed by atoms with van der Waals surface area (Å²) in [5, 5.41) is 7.23. The average Bonchev–Trinajstić information content (AvgIpc) is 3.57. The third-order valence-electron chi connectivity index (χ3n) is 5.14. The number of amides is 2. The Morgan fingerprint density at radius 1 is 0.886 bits per heavy atom. The zero-order valence-corrected chi connectivity index (χ0v) is 19.3. The van der Waals surface area contributed by atoms with Gasteiger partial charge >= 0.3 is 0 Å². The van der Waals surface area contributed by atoms with Crippen LogP contribution in [0.25, 0.3) is 27.5 Å². The van der Waals surface area contributed by atoms with E-state index in [-0.39, 0.29) is 12.3 Å². The highest BCUT2D eigenvalue weighted by molar-refractivity contribution is 7.13. The van der Waals surface area contributed by atoms with E-state index in [9.17, 15) is 9.59 Å². The van der Waals surface area contributed by atoms with Gasteiger partial charge in [-0.25, -0.2) is 9.67 Å². The van der Waals surface area contributed by atoms with E-state index in [1.165, 1.54) is 11.3 Å². The largest absolute Gasteiger partial charge is 0.273 e. The molecule has 0 bridgehead atoms. The molecule has 0 spiro atoms. The van der Waals surface area contributed by atoms with Gasteiger partial charge in [-0.3, -0.25) is 25.4 Å². The number of hydrogen-bond acceptors (Lipinski definition) is 6. The van der Waals surface area contributed by atoms with Gasteiger partial charge in [0.05, 0.1) is 23.4 Å². The lowest BCUT2D eigenvalue weighted by Crippen LogP contribution is -2.42. The number of carbonyl (C=O) groups is 2. The molecule has 0 unspecified atom stereocenters. The first kappa shape index (κ1) is 22.2. The molecule has 35 heavy (non-hydrogen) atoms. The molecule has 0 saturated heterocycles. The number of hydrazine groups is 1. The van der Waals surface area contributed by atoms with Crippen molar-refractivity contribution in [1.82, 2.24) is 30.6 Å². The SMILES string of the molecule is O=C(Cc1csc(-c2cccnc2)n1)NNC(=O)c1cn(-c2ccccc2)nc1-c1ccccc1. The highest BCUT2D eigenvalue weighted by Crippen LogP contribution is 2.24. The van der Waals surface area contributed by atoms with Gasteiger partial charge in [-0.05, 0) is 24.3 Å². The quantitative estimate of drug-likeness (QED) is 0.357. The van der Waals surface area contributed by atoms with Crippen LogP contribution in [0.2, 0.25) is 0 Å².